The molecule has 4 rings (SSSR count). The van der Waals surface area contributed by atoms with E-state index in [1.165, 1.54) is 22.5 Å². The second-order valence-corrected chi connectivity index (χ2v) is 9.80. The van der Waals surface area contributed by atoms with E-state index in [1.807, 2.05) is 24.3 Å². The predicted molar refractivity (Wildman–Crippen MR) is 111 cm³/mol. The zero-order chi connectivity index (χ0) is 21.5. The smallest absolute Gasteiger partial charge is 0.270 e. The molecular formula is C20H20ClN3O5S. The molecule has 0 N–H and O–H groups in total. The monoisotopic (exact) mass is 449 g/mol. The molecule has 30 heavy (non-hydrogen) atoms. The third-order valence-electron chi connectivity index (χ3n) is 5.63. The predicted octanol–water partition coefficient (Wildman–Crippen LogP) is 2.88. The largest absolute Gasteiger partial charge is 0.340 e. The molecule has 0 bridgehead atoms. The fourth-order valence-electron chi connectivity index (χ4n) is 3.88. The molecule has 2 aliphatic rings. The highest BCUT2D eigenvalue weighted by atomic mass is 35.5. The van der Waals surface area contributed by atoms with E-state index >= 15 is 0 Å². The summed E-state index contributed by atoms with van der Waals surface area (Å²) in [5.74, 6) is 0.00924. The zero-order valence-corrected chi connectivity index (χ0v) is 17.6. The molecule has 1 heterocycles. The van der Waals surface area contributed by atoms with E-state index < -0.39 is 14.9 Å². The van der Waals surface area contributed by atoms with Crippen molar-refractivity contribution in [3.8, 4) is 0 Å². The van der Waals surface area contributed by atoms with Crippen LogP contribution in [0.3, 0.4) is 0 Å². The van der Waals surface area contributed by atoms with Gasteiger partial charge >= 0.3 is 0 Å². The van der Waals surface area contributed by atoms with Gasteiger partial charge < -0.3 is 4.90 Å². The van der Waals surface area contributed by atoms with Gasteiger partial charge in [0.25, 0.3) is 5.69 Å². The summed E-state index contributed by atoms with van der Waals surface area (Å²) in [5, 5.41) is 11.6. The van der Waals surface area contributed by atoms with E-state index in [4.69, 9.17) is 11.6 Å². The van der Waals surface area contributed by atoms with Gasteiger partial charge in [-0.1, -0.05) is 35.9 Å². The average molecular weight is 450 g/mol. The van der Waals surface area contributed by atoms with Crippen molar-refractivity contribution in [1.29, 1.82) is 0 Å². The van der Waals surface area contributed by atoms with Crippen LogP contribution in [0.25, 0.3) is 0 Å². The second-order valence-electron chi connectivity index (χ2n) is 7.45. The van der Waals surface area contributed by atoms with Gasteiger partial charge in [0.05, 0.1) is 9.82 Å². The minimum atomic E-state index is -3.86. The van der Waals surface area contributed by atoms with Crippen molar-refractivity contribution in [2.24, 2.45) is 5.92 Å². The number of nitro groups is 1. The van der Waals surface area contributed by atoms with E-state index in [-0.39, 0.29) is 41.4 Å². The number of rotatable bonds is 5. The highest BCUT2D eigenvalue weighted by Crippen LogP contribution is 2.50. The SMILES string of the molecule is O=C(C1CC1c1ccccc1Cl)N1CCN(S(=O)(=O)c2cccc([N+](=O)[O-])c2)CC1. The summed E-state index contributed by atoms with van der Waals surface area (Å²) in [5.41, 5.74) is 0.702. The van der Waals surface area contributed by atoms with Crippen LogP contribution in [-0.2, 0) is 14.8 Å². The van der Waals surface area contributed by atoms with Gasteiger partial charge in [-0.05, 0) is 30.0 Å². The number of sulfonamides is 1. The molecule has 0 spiro atoms. The normalized spacial score (nSPS) is 22.0. The lowest BCUT2D eigenvalue weighted by Gasteiger charge is -2.34. The Labute approximate surface area is 179 Å². The average Bonchev–Trinajstić information content (AvgIpc) is 3.54. The number of piperazine rings is 1. The summed E-state index contributed by atoms with van der Waals surface area (Å²) in [6, 6.07) is 12.5. The number of nitrogens with zero attached hydrogens (tertiary/aromatic N) is 3. The van der Waals surface area contributed by atoms with Gasteiger partial charge in [0.1, 0.15) is 0 Å². The van der Waals surface area contributed by atoms with Crippen molar-refractivity contribution in [3.63, 3.8) is 0 Å². The Kier molecular flexibility index (Phi) is 5.52. The van der Waals surface area contributed by atoms with E-state index in [0.717, 1.165) is 18.1 Å². The van der Waals surface area contributed by atoms with Crippen molar-refractivity contribution >= 4 is 33.2 Å². The van der Waals surface area contributed by atoms with Crippen LogP contribution in [0.5, 0.6) is 0 Å². The molecule has 2 aromatic carbocycles. The Balaban J connectivity index is 1.39. The Hall–Kier alpha value is -2.49. The van der Waals surface area contributed by atoms with Gasteiger partial charge in [-0.3, -0.25) is 14.9 Å². The van der Waals surface area contributed by atoms with Crippen molar-refractivity contribution in [3.05, 3.63) is 69.2 Å². The molecule has 158 valence electrons. The van der Waals surface area contributed by atoms with Crippen LogP contribution in [0.15, 0.2) is 53.4 Å². The number of nitro benzene ring substituents is 1. The second kappa shape index (κ2) is 7.98. The summed E-state index contributed by atoms with van der Waals surface area (Å²) in [7, 11) is -3.86. The molecule has 10 heteroatoms. The molecule has 0 aromatic heterocycles. The lowest BCUT2D eigenvalue weighted by molar-refractivity contribution is -0.385. The first-order chi connectivity index (χ1) is 14.3. The third-order valence-corrected chi connectivity index (χ3v) is 7.87. The number of carbonyl (C=O) groups is 1. The summed E-state index contributed by atoms with van der Waals surface area (Å²) in [4.78, 5) is 24.7. The van der Waals surface area contributed by atoms with Crippen LogP contribution < -0.4 is 0 Å². The number of benzene rings is 2. The molecule has 0 radical (unpaired) electrons. The number of halogens is 1. The van der Waals surface area contributed by atoms with Crippen LogP contribution in [-0.4, -0.2) is 54.6 Å². The number of amides is 1. The van der Waals surface area contributed by atoms with Gasteiger partial charge in [-0.25, -0.2) is 8.42 Å². The molecule has 1 amide bonds. The van der Waals surface area contributed by atoms with Gasteiger partial charge in [0, 0.05) is 49.3 Å². The standard InChI is InChI=1S/C20H20ClN3O5S/c21-19-7-2-1-6-16(19)17-13-18(17)20(25)22-8-10-23(11-9-22)30(28,29)15-5-3-4-14(12-15)24(26)27/h1-7,12,17-18H,8-11,13H2. The number of carbonyl (C=O) groups excluding carboxylic acids is 1. The number of non-ortho nitro benzene ring substituents is 1. The summed E-state index contributed by atoms with van der Waals surface area (Å²) in [6.07, 6.45) is 0.745. The molecule has 8 nitrogen and oxygen atoms in total. The van der Waals surface area contributed by atoms with Crippen LogP contribution >= 0.6 is 11.6 Å². The Bertz CT molecular complexity index is 1100. The minimum absolute atomic E-state index is 0.0207. The molecule has 1 aliphatic heterocycles. The first-order valence-corrected chi connectivity index (χ1v) is 11.4. The highest BCUT2D eigenvalue weighted by molar-refractivity contribution is 7.89. The van der Waals surface area contributed by atoms with Crippen LogP contribution in [0.4, 0.5) is 5.69 Å². The molecular weight excluding hydrogens is 430 g/mol. The molecule has 1 saturated carbocycles. The van der Waals surface area contributed by atoms with Gasteiger partial charge in [-0.2, -0.15) is 4.31 Å². The van der Waals surface area contributed by atoms with Gasteiger partial charge in [0.15, 0.2) is 0 Å². The molecule has 2 atom stereocenters. The minimum Gasteiger partial charge on any atom is -0.340 e. The van der Waals surface area contributed by atoms with Crippen molar-refractivity contribution in [2.45, 2.75) is 17.2 Å². The van der Waals surface area contributed by atoms with Crippen molar-refractivity contribution < 1.29 is 18.1 Å². The Morgan fingerprint density at radius 3 is 2.43 bits per heavy atom. The Morgan fingerprint density at radius 2 is 1.77 bits per heavy atom. The maximum Gasteiger partial charge on any atom is 0.270 e. The zero-order valence-electron chi connectivity index (χ0n) is 16.0. The van der Waals surface area contributed by atoms with Crippen molar-refractivity contribution in [2.75, 3.05) is 26.2 Å². The summed E-state index contributed by atoms with van der Waals surface area (Å²) in [6.45, 7) is 0.887. The number of hydrogen-bond donors (Lipinski definition) is 0. The lowest BCUT2D eigenvalue weighted by atomic mass is 10.1. The molecule has 2 unspecified atom stereocenters. The first kappa shape index (κ1) is 20.8. The lowest BCUT2D eigenvalue weighted by Crippen LogP contribution is -2.51. The van der Waals surface area contributed by atoms with E-state index in [2.05, 4.69) is 0 Å². The van der Waals surface area contributed by atoms with Gasteiger partial charge in [0.2, 0.25) is 15.9 Å². The fourth-order valence-corrected chi connectivity index (χ4v) is 5.62. The fraction of sp³-hybridized carbons (Fsp3) is 0.350. The topological polar surface area (TPSA) is 101 Å². The highest BCUT2D eigenvalue weighted by Gasteiger charge is 2.47. The molecule has 2 fully saturated rings. The van der Waals surface area contributed by atoms with Gasteiger partial charge in [-0.15, -0.1) is 0 Å². The quantitative estimate of drug-likeness (QED) is 0.516. The van der Waals surface area contributed by atoms with E-state index in [9.17, 15) is 23.3 Å². The molecule has 1 saturated heterocycles. The van der Waals surface area contributed by atoms with Crippen LogP contribution in [0.1, 0.15) is 17.9 Å². The molecule has 2 aromatic rings. The van der Waals surface area contributed by atoms with Crippen molar-refractivity contribution in [1.82, 2.24) is 9.21 Å². The third kappa shape index (κ3) is 3.92. The summed E-state index contributed by atoms with van der Waals surface area (Å²) < 4.78 is 27.0. The summed E-state index contributed by atoms with van der Waals surface area (Å²) >= 11 is 6.23. The van der Waals surface area contributed by atoms with E-state index in [1.54, 1.807) is 4.90 Å². The number of hydrogen-bond acceptors (Lipinski definition) is 5. The van der Waals surface area contributed by atoms with E-state index in [0.29, 0.717) is 18.1 Å². The maximum atomic E-state index is 12.8. The maximum absolute atomic E-state index is 12.8. The Morgan fingerprint density at radius 1 is 1.07 bits per heavy atom. The molecule has 1 aliphatic carbocycles. The van der Waals surface area contributed by atoms with Crippen LogP contribution in [0.2, 0.25) is 5.02 Å². The first-order valence-electron chi connectivity index (χ1n) is 9.57. The van der Waals surface area contributed by atoms with Crippen LogP contribution in [0, 0.1) is 16.0 Å².